The van der Waals surface area contributed by atoms with Crippen LogP contribution >= 0.6 is 31.9 Å². The largest absolute Gasteiger partial charge is 0.379 e. The first-order valence-electron chi connectivity index (χ1n) is 6.79. The van der Waals surface area contributed by atoms with Crippen LogP contribution in [0.1, 0.15) is 29.4 Å². The molecule has 20 heavy (non-hydrogen) atoms. The Labute approximate surface area is 137 Å². The fourth-order valence-electron chi connectivity index (χ4n) is 2.59. The number of benzene rings is 1. The van der Waals surface area contributed by atoms with Gasteiger partial charge in [0.1, 0.15) is 0 Å². The number of halogens is 2. The first-order chi connectivity index (χ1) is 9.43. The summed E-state index contributed by atoms with van der Waals surface area (Å²) in [7, 11) is 0. The molecule has 0 aliphatic carbocycles. The van der Waals surface area contributed by atoms with E-state index in [0.717, 1.165) is 27.7 Å². The van der Waals surface area contributed by atoms with Crippen molar-refractivity contribution in [2.24, 2.45) is 0 Å². The molecule has 0 saturated heterocycles. The van der Waals surface area contributed by atoms with Gasteiger partial charge >= 0.3 is 0 Å². The highest BCUT2D eigenvalue weighted by Crippen LogP contribution is 2.33. The third kappa shape index (κ3) is 3.12. The molecule has 0 radical (unpaired) electrons. The molecule has 0 saturated carbocycles. The summed E-state index contributed by atoms with van der Waals surface area (Å²) in [5.41, 5.74) is 6.36. The summed E-state index contributed by atoms with van der Waals surface area (Å²) in [6.45, 7) is 10.5. The zero-order chi connectivity index (χ0) is 14.9. The highest BCUT2D eigenvalue weighted by Gasteiger charge is 2.10. The van der Waals surface area contributed by atoms with E-state index in [0.29, 0.717) is 0 Å². The molecular formula is C16H20Br2N2. The molecule has 1 heterocycles. The van der Waals surface area contributed by atoms with Crippen molar-refractivity contribution >= 4 is 37.5 Å². The number of nitrogens with zero attached hydrogens (tertiary/aromatic N) is 1. The van der Waals surface area contributed by atoms with E-state index in [1.54, 1.807) is 0 Å². The Kier molecular flexibility index (Phi) is 4.97. The molecule has 0 fully saturated rings. The monoisotopic (exact) mass is 398 g/mol. The van der Waals surface area contributed by atoms with Gasteiger partial charge in [0.2, 0.25) is 0 Å². The fraction of sp³-hybridized carbons (Fsp3) is 0.375. The van der Waals surface area contributed by atoms with Crippen molar-refractivity contribution in [2.75, 3.05) is 5.32 Å². The van der Waals surface area contributed by atoms with E-state index in [4.69, 9.17) is 0 Å². The number of aryl methyl sites for hydroxylation is 2. The Hall–Kier alpha value is -0.740. The van der Waals surface area contributed by atoms with Crippen LogP contribution in [0, 0.1) is 20.8 Å². The highest BCUT2D eigenvalue weighted by atomic mass is 79.9. The van der Waals surface area contributed by atoms with Crippen molar-refractivity contribution in [1.82, 2.24) is 4.57 Å². The normalized spacial score (nSPS) is 10.9. The summed E-state index contributed by atoms with van der Waals surface area (Å²) >= 11 is 7.25. The molecule has 2 rings (SSSR count). The first-order valence-corrected chi connectivity index (χ1v) is 8.37. The van der Waals surface area contributed by atoms with Gasteiger partial charge in [-0.1, -0.05) is 0 Å². The van der Waals surface area contributed by atoms with Gasteiger partial charge in [-0.05, 0) is 88.9 Å². The molecular weight excluding hydrogens is 380 g/mol. The number of nitrogens with one attached hydrogen (secondary N) is 1. The quantitative estimate of drug-likeness (QED) is 0.710. The second-order valence-corrected chi connectivity index (χ2v) is 6.81. The number of aromatic nitrogens is 1. The first kappa shape index (κ1) is 15.6. The number of rotatable bonds is 4. The Balaban J connectivity index is 2.21. The van der Waals surface area contributed by atoms with Crippen LogP contribution in [0.2, 0.25) is 0 Å². The third-order valence-electron chi connectivity index (χ3n) is 3.64. The molecule has 4 heteroatoms. The van der Waals surface area contributed by atoms with E-state index in [-0.39, 0.29) is 0 Å². The van der Waals surface area contributed by atoms with Gasteiger partial charge in [-0.15, -0.1) is 0 Å². The SMILES string of the molecule is CCn1c(C)cc(CNc2c(Br)cc(C)cc2Br)c1C. The Bertz CT molecular complexity index is 607. The molecule has 0 aliphatic rings. The minimum absolute atomic E-state index is 0.833. The molecule has 0 amide bonds. The van der Waals surface area contributed by atoms with Crippen LogP contribution in [0.25, 0.3) is 0 Å². The maximum atomic E-state index is 3.63. The molecule has 0 atom stereocenters. The van der Waals surface area contributed by atoms with Crippen molar-refractivity contribution in [3.8, 4) is 0 Å². The third-order valence-corrected chi connectivity index (χ3v) is 4.89. The molecule has 108 valence electrons. The van der Waals surface area contributed by atoms with Crippen molar-refractivity contribution in [3.63, 3.8) is 0 Å². The van der Waals surface area contributed by atoms with Crippen LogP contribution < -0.4 is 5.32 Å². The summed E-state index contributed by atoms with van der Waals surface area (Å²) in [5.74, 6) is 0. The van der Waals surface area contributed by atoms with E-state index < -0.39 is 0 Å². The average molecular weight is 400 g/mol. The molecule has 2 nitrogen and oxygen atoms in total. The lowest BCUT2D eigenvalue weighted by atomic mass is 10.2. The smallest absolute Gasteiger partial charge is 0.0631 e. The Morgan fingerprint density at radius 1 is 1.05 bits per heavy atom. The molecule has 1 aromatic carbocycles. The zero-order valence-corrected chi connectivity index (χ0v) is 15.5. The summed E-state index contributed by atoms with van der Waals surface area (Å²) < 4.78 is 4.53. The minimum Gasteiger partial charge on any atom is -0.379 e. The maximum absolute atomic E-state index is 3.63. The zero-order valence-electron chi connectivity index (χ0n) is 12.3. The molecule has 1 N–H and O–H groups in total. The second kappa shape index (κ2) is 6.35. The summed E-state index contributed by atoms with van der Waals surface area (Å²) in [5, 5.41) is 3.52. The fourth-order valence-corrected chi connectivity index (χ4v) is 4.29. The summed E-state index contributed by atoms with van der Waals surface area (Å²) in [6, 6.07) is 6.52. The van der Waals surface area contributed by atoms with E-state index in [9.17, 15) is 0 Å². The Morgan fingerprint density at radius 2 is 1.65 bits per heavy atom. The van der Waals surface area contributed by atoms with Crippen LogP contribution in [0.5, 0.6) is 0 Å². The predicted octanol–water partition coefficient (Wildman–Crippen LogP) is 5.57. The van der Waals surface area contributed by atoms with Crippen LogP contribution in [0.15, 0.2) is 27.1 Å². The lowest BCUT2D eigenvalue weighted by Crippen LogP contribution is -2.04. The average Bonchev–Trinajstić information content (AvgIpc) is 2.62. The number of hydrogen-bond acceptors (Lipinski definition) is 1. The highest BCUT2D eigenvalue weighted by molar-refractivity contribution is 9.11. The van der Waals surface area contributed by atoms with Crippen LogP contribution in [-0.4, -0.2) is 4.57 Å². The van der Waals surface area contributed by atoms with E-state index >= 15 is 0 Å². The lowest BCUT2D eigenvalue weighted by Gasteiger charge is -2.12. The summed E-state index contributed by atoms with van der Waals surface area (Å²) in [4.78, 5) is 0. The van der Waals surface area contributed by atoms with Crippen LogP contribution in [0.3, 0.4) is 0 Å². The lowest BCUT2D eigenvalue weighted by molar-refractivity contribution is 0.715. The molecule has 0 aliphatic heterocycles. The molecule has 0 unspecified atom stereocenters. The summed E-state index contributed by atoms with van der Waals surface area (Å²) in [6.07, 6.45) is 0. The van der Waals surface area contributed by atoms with Crippen molar-refractivity contribution in [1.29, 1.82) is 0 Å². The van der Waals surface area contributed by atoms with Crippen molar-refractivity contribution in [3.05, 3.63) is 49.7 Å². The molecule has 0 bridgehead atoms. The van der Waals surface area contributed by atoms with Gasteiger partial charge in [0.25, 0.3) is 0 Å². The van der Waals surface area contributed by atoms with Gasteiger partial charge in [-0.25, -0.2) is 0 Å². The van der Waals surface area contributed by atoms with Gasteiger partial charge < -0.3 is 9.88 Å². The Morgan fingerprint density at radius 3 is 2.15 bits per heavy atom. The van der Waals surface area contributed by atoms with Gasteiger partial charge in [-0.3, -0.25) is 0 Å². The van der Waals surface area contributed by atoms with Gasteiger partial charge in [0, 0.05) is 33.4 Å². The molecule has 2 aromatic rings. The van der Waals surface area contributed by atoms with Crippen LogP contribution in [-0.2, 0) is 13.1 Å². The molecule has 1 aromatic heterocycles. The van der Waals surface area contributed by atoms with Gasteiger partial charge in [0.05, 0.1) is 5.69 Å². The molecule has 0 spiro atoms. The van der Waals surface area contributed by atoms with Crippen molar-refractivity contribution in [2.45, 2.75) is 40.8 Å². The van der Waals surface area contributed by atoms with E-state index in [1.807, 2.05) is 0 Å². The van der Waals surface area contributed by atoms with Gasteiger partial charge in [-0.2, -0.15) is 0 Å². The van der Waals surface area contributed by atoms with E-state index in [2.05, 4.69) is 87.6 Å². The standard InChI is InChI=1S/C16H20Br2N2/c1-5-20-11(3)8-13(12(20)4)9-19-16-14(17)6-10(2)7-15(16)18/h6-8,19H,5,9H2,1-4H3. The van der Waals surface area contributed by atoms with Gasteiger partial charge in [0.15, 0.2) is 0 Å². The predicted molar refractivity (Wildman–Crippen MR) is 93.5 cm³/mol. The number of anilines is 1. The topological polar surface area (TPSA) is 17.0 Å². The van der Waals surface area contributed by atoms with Crippen LogP contribution in [0.4, 0.5) is 5.69 Å². The van der Waals surface area contributed by atoms with E-state index in [1.165, 1.54) is 22.5 Å². The number of hydrogen-bond donors (Lipinski definition) is 1. The van der Waals surface area contributed by atoms with Crippen molar-refractivity contribution < 1.29 is 0 Å². The maximum Gasteiger partial charge on any atom is 0.0631 e. The minimum atomic E-state index is 0.833. The second-order valence-electron chi connectivity index (χ2n) is 5.10.